The van der Waals surface area contributed by atoms with Gasteiger partial charge in [0.2, 0.25) is 3.79 Å². The molecule has 2 amide bonds. The van der Waals surface area contributed by atoms with Crippen LogP contribution in [-0.2, 0) is 23.9 Å². The molecule has 0 aromatic heterocycles. The maximum Gasteiger partial charge on any atom is 0.355 e. The Bertz CT molecular complexity index is 979. The van der Waals surface area contributed by atoms with E-state index in [4.69, 9.17) is 55.9 Å². The van der Waals surface area contributed by atoms with Crippen LogP contribution in [0.3, 0.4) is 0 Å². The third-order valence-electron chi connectivity index (χ3n) is 4.45. The van der Waals surface area contributed by atoms with E-state index < -0.39 is 45.6 Å². The molecule has 32 heavy (non-hydrogen) atoms. The van der Waals surface area contributed by atoms with Crippen LogP contribution in [0.25, 0.3) is 0 Å². The molecular formula is C19H16Cl4N2O6S. The van der Waals surface area contributed by atoms with Crippen molar-refractivity contribution in [3.05, 3.63) is 46.1 Å². The Morgan fingerprint density at radius 2 is 1.84 bits per heavy atom. The third kappa shape index (κ3) is 5.82. The topological polar surface area (TPSA) is 102 Å². The minimum Gasteiger partial charge on any atom is -0.461 e. The molecule has 0 spiro atoms. The normalized spacial score (nSPS) is 20.3. The molecule has 2 heterocycles. The van der Waals surface area contributed by atoms with Gasteiger partial charge in [-0.25, -0.2) is 4.79 Å². The Morgan fingerprint density at radius 1 is 1.19 bits per heavy atom. The second kappa shape index (κ2) is 10.1. The van der Waals surface area contributed by atoms with Gasteiger partial charge in [0.05, 0.1) is 0 Å². The van der Waals surface area contributed by atoms with Crippen LogP contribution >= 0.6 is 58.2 Å². The molecule has 1 saturated heterocycles. The van der Waals surface area contributed by atoms with Gasteiger partial charge < -0.3 is 14.8 Å². The average molecular weight is 542 g/mol. The summed E-state index contributed by atoms with van der Waals surface area (Å²) in [6.45, 7) is 0.466. The van der Waals surface area contributed by atoms with Gasteiger partial charge in [-0.1, -0.05) is 46.4 Å². The van der Waals surface area contributed by atoms with Crippen molar-refractivity contribution in [1.29, 1.82) is 0 Å². The van der Waals surface area contributed by atoms with E-state index in [9.17, 15) is 19.2 Å². The Balaban J connectivity index is 1.78. The van der Waals surface area contributed by atoms with Crippen LogP contribution in [-0.4, -0.2) is 62.8 Å². The van der Waals surface area contributed by atoms with Crippen LogP contribution in [0, 0.1) is 0 Å². The van der Waals surface area contributed by atoms with Gasteiger partial charge in [0.25, 0.3) is 11.8 Å². The summed E-state index contributed by atoms with van der Waals surface area (Å²) in [6, 6.07) is 5.31. The first kappa shape index (κ1) is 25.0. The third-order valence-corrected chi connectivity index (χ3v) is 6.37. The van der Waals surface area contributed by atoms with Crippen molar-refractivity contribution in [3.8, 4) is 0 Å². The molecule has 13 heteroatoms. The zero-order chi connectivity index (χ0) is 23.6. The monoisotopic (exact) mass is 540 g/mol. The summed E-state index contributed by atoms with van der Waals surface area (Å²) in [5.74, 6) is -2.19. The van der Waals surface area contributed by atoms with Crippen LogP contribution in [0.5, 0.6) is 0 Å². The Labute approximate surface area is 207 Å². The predicted octanol–water partition coefficient (Wildman–Crippen LogP) is 3.08. The van der Waals surface area contributed by atoms with Gasteiger partial charge in [-0.2, -0.15) is 0 Å². The fourth-order valence-electron chi connectivity index (χ4n) is 3.01. The van der Waals surface area contributed by atoms with Gasteiger partial charge in [0, 0.05) is 28.8 Å². The number of thioether (sulfide) groups is 1. The quantitative estimate of drug-likeness (QED) is 0.335. The molecule has 1 aromatic carbocycles. The van der Waals surface area contributed by atoms with E-state index in [0.717, 1.165) is 0 Å². The summed E-state index contributed by atoms with van der Waals surface area (Å²) in [6.07, 6.45) is 0. The van der Waals surface area contributed by atoms with E-state index in [-0.39, 0.29) is 18.1 Å². The molecule has 2 atom stereocenters. The summed E-state index contributed by atoms with van der Waals surface area (Å²) in [5.41, 5.74) is 0.604. The second-order valence-electron chi connectivity index (χ2n) is 6.79. The molecule has 2 aliphatic rings. The van der Waals surface area contributed by atoms with Crippen molar-refractivity contribution in [2.45, 2.75) is 22.1 Å². The highest BCUT2D eigenvalue weighted by Crippen LogP contribution is 2.41. The number of benzene rings is 1. The van der Waals surface area contributed by atoms with E-state index in [2.05, 4.69) is 5.32 Å². The standard InChI is InChI=1S/C19H16Cl4N2O6S/c1-9(26)30-6-11-7-32-17-13(24-15(27)10-2-4-12(20)5-3-10)16(28)25(17)14(11)18(29)31-8-19(21,22)23/h2-5,13,17H,6-8H2,1H3,(H,24,27)/t13-,17-/m1/s1. The number of ether oxygens (including phenoxy) is 2. The van der Waals surface area contributed by atoms with E-state index in [1.807, 2.05) is 0 Å². The highest BCUT2D eigenvalue weighted by atomic mass is 35.6. The number of β-lactam (4-membered cyclic amide) rings is 1. The van der Waals surface area contributed by atoms with Crippen molar-refractivity contribution in [3.63, 3.8) is 0 Å². The molecule has 1 aromatic rings. The molecule has 0 bridgehead atoms. The Hall–Kier alpha value is -1.65. The lowest BCUT2D eigenvalue weighted by Gasteiger charge is -2.49. The molecule has 0 saturated carbocycles. The lowest BCUT2D eigenvalue weighted by atomic mass is 10.0. The summed E-state index contributed by atoms with van der Waals surface area (Å²) in [4.78, 5) is 50.5. The molecular weight excluding hydrogens is 526 g/mol. The number of esters is 2. The lowest BCUT2D eigenvalue weighted by Crippen LogP contribution is -2.70. The first-order chi connectivity index (χ1) is 15.0. The number of carbonyl (C=O) groups is 4. The fourth-order valence-corrected chi connectivity index (χ4v) is 4.63. The highest BCUT2D eigenvalue weighted by Gasteiger charge is 2.54. The van der Waals surface area contributed by atoms with Gasteiger partial charge >= 0.3 is 11.9 Å². The van der Waals surface area contributed by atoms with Crippen LogP contribution in [0.15, 0.2) is 35.5 Å². The van der Waals surface area contributed by atoms with Gasteiger partial charge in [-0.05, 0) is 24.3 Å². The number of fused-ring (bicyclic) bond motifs is 1. The van der Waals surface area contributed by atoms with Crippen LogP contribution in [0.1, 0.15) is 17.3 Å². The lowest BCUT2D eigenvalue weighted by molar-refractivity contribution is -0.151. The van der Waals surface area contributed by atoms with Crippen molar-refractivity contribution in [2.75, 3.05) is 19.0 Å². The molecule has 0 radical (unpaired) electrons. The molecule has 1 N–H and O–H groups in total. The fraction of sp³-hybridized carbons (Fsp3) is 0.368. The van der Waals surface area contributed by atoms with Gasteiger partial charge in [0.15, 0.2) is 0 Å². The molecule has 0 unspecified atom stereocenters. The number of rotatable bonds is 6. The SMILES string of the molecule is CC(=O)OCC1=C(C(=O)OCC(Cl)(Cl)Cl)N2C(=O)[C@@H](NC(=O)c3ccc(Cl)cc3)[C@H]2SC1. The van der Waals surface area contributed by atoms with Gasteiger partial charge in [-0.15, -0.1) is 11.8 Å². The number of amides is 2. The van der Waals surface area contributed by atoms with Gasteiger partial charge in [0.1, 0.15) is 30.3 Å². The average Bonchev–Trinajstić information content (AvgIpc) is 2.73. The number of halogens is 4. The number of hydrogen-bond acceptors (Lipinski definition) is 7. The van der Waals surface area contributed by atoms with E-state index in [1.54, 1.807) is 12.1 Å². The zero-order valence-corrected chi connectivity index (χ0v) is 20.2. The number of hydrogen-bond donors (Lipinski definition) is 1. The van der Waals surface area contributed by atoms with Crippen LogP contribution in [0.4, 0.5) is 0 Å². The van der Waals surface area contributed by atoms with Crippen molar-refractivity contribution in [1.82, 2.24) is 10.2 Å². The molecule has 1 fully saturated rings. The number of alkyl halides is 3. The van der Waals surface area contributed by atoms with Crippen molar-refractivity contribution < 1.29 is 28.7 Å². The van der Waals surface area contributed by atoms with Crippen LogP contribution in [0.2, 0.25) is 5.02 Å². The van der Waals surface area contributed by atoms with Crippen LogP contribution < -0.4 is 5.32 Å². The molecule has 0 aliphatic carbocycles. The maximum absolute atomic E-state index is 12.9. The molecule has 172 valence electrons. The molecule has 8 nitrogen and oxygen atoms in total. The van der Waals surface area contributed by atoms with E-state index in [1.165, 1.54) is 35.7 Å². The number of nitrogens with one attached hydrogen (secondary N) is 1. The molecule has 2 aliphatic heterocycles. The zero-order valence-electron chi connectivity index (χ0n) is 16.4. The summed E-state index contributed by atoms with van der Waals surface area (Å²) in [5, 5.41) is 2.58. The van der Waals surface area contributed by atoms with Crippen molar-refractivity contribution in [2.24, 2.45) is 0 Å². The summed E-state index contributed by atoms with van der Waals surface area (Å²) >= 11 is 24.1. The maximum atomic E-state index is 12.9. The highest BCUT2D eigenvalue weighted by molar-refractivity contribution is 8.00. The van der Waals surface area contributed by atoms with Crippen molar-refractivity contribution >= 4 is 81.9 Å². The minimum absolute atomic E-state index is 0.0914. The smallest absolute Gasteiger partial charge is 0.355 e. The summed E-state index contributed by atoms with van der Waals surface area (Å²) < 4.78 is 8.19. The van der Waals surface area contributed by atoms with E-state index >= 15 is 0 Å². The summed E-state index contributed by atoms with van der Waals surface area (Å²) in [7, 11) is 0. The number of carbonyl (C=O) groups excluding carboxylic acids is 4. The molecule has 3 rings (SSSR count). The minimum atomic E-state index is -1.84. The first-order valence-corrected chi connectivity index (χ1v) is 11.6. The Kier molecular flexibility index (Phi) is 7.88. The first-order valence-electron chi connectivity index (χ1n) is 9.08. The second-order valence-corrected chi connectivity index (χ2v) is 10.8. The largest absolute Gasteiger partial charge is 0.461 e. The van der Waals surface area contributed by atoms with E-state index in [0.29, 0.717) is 16.2 Å². The Morgan fingerprint density at radius 3 is 2.44 bits per heavy atom. The predicted molar refractivity (Wildman–Crippen MR) is 121 cm³/mol. The van der Waals surface area contributed by atoms with Gasteiger partial charge in [-0.3, -0.25) is 19.3 Å². The number of nitrogens with zero attached hydrogens (tertiary/aromatic N) is 1.